The molecule has 1 aromatic rings. The van der Waals surface area contributed by atoms with Crippen LogP contribution in [0, 0.1) is 0 Å². The van der Waals surface area contributed by atoms with Gasteiger partial charge in [0.2, 0.25) is 10.0 Å². The summed E-state index contributed by atoms with van der Waals surface area (Å²) in [6.07, 6.45) is -2.18. The lowest BCUT2D eigenvalue weighted by Crippen LogP contribution is -2.49. The second-order valence-corrected chi connectivity index (χ2v) is 8.73. The second-order valence-electron chi connectivity index (χ2n) is 6.75. The molecular weight excluding hydrogens is 399 g/mol. The van der Waals surface area contributed by atoms with Gasteiger partial charge in [0.1, 0.15) is 5.75 Å². The van der Waals surface area contributed by atoms with E-state index in [9.17, 15) is 26.4 Å². The first-order valence-corrected chi connectivity index (χ1v) is 10.6. The van der Waals surface area contributed by atoms with Gasteiger partial charge in [-0.15, -0.1) is 0 Å². The Morgan fingerprint density at radius 3 is 2.32 bits per heavy atom. The Bertz CT molecular complexity index is 761. The van der Waals surface area contributed by atoms with E-state index < -0.39 is 22.8 Å². The number of nitrogens with one attached hydrogen (secondary N) is 2. The van der Waals surface area contributed by atoms with Gasteiger partial charge in [0.05, 0.1) is 12.3 Å². The lowest BCUT2D eigenvalue weighted by atomic mass is 10.1. The van der Waals surface area contributed by atoms with Crippen molar-refractivity contribution in [2.75, 3.05) is 26.0 Å². The van der Waals surface area contributed by atoms with Crippen molar-refractivity contribution in [1.82, 2.24) is 14.9 Å². The molecule has 1 fully saturated rings. The van der Waals surface area contributed by atoms with Crippen LogP contribution in [-0.4, -0.2) is 56.9 Å². The minimum absolute atomic E-state index is 0.0929. The molecule has 2 amide bonds. The van der Waals surface area contributed by atoms with E-state index in [0.717, 1.165) is 6.26 Å². The van der Waals surface area contributed by atoms with Crippen molar-refractivity contribution < 1.29 is 31.1 Å². The van der Waals surface area contributed by atoms with Crippen molar-refractivity contribution in [3.05, 3.63) is 29.8 Å². The van der Waals surface area contributed by atoms with Crippen LogP contribution < -0.4 is 15.4 Å². The zero-order valence-corrected chi connectivity index (χ0v) is 16.4. The maximum atomic E-state index is 12.2. The van der Waals surface area contributed by atoms with E-state index in [4.69, 9.17) is 0 Å². The maximum absolute atomic E-state index is 12.2. The minimum atomic E-state index is -4.40. The van der Waals surface area contributed by atoms with Crippen LogP contribution in [0.5, 0.6) is 5.75 Å². The first-order valence-electron chi connectivity index (χ1n) is 8.76. The molecule has 1 aliphatic rings. The number of hydrogen-bond donors (Lipinski definition) is 2. The summed E-state index contributed by atoms with van der Waals surface area (Å²) in [5.74, 6) is 0.0929. The topological polar surface area (TPSA) is 87.7 Å². The lowest BCUT2D eigenvalue weighted by molar-refractivity contribution is -0.153. The van der Waals surface area contributed by atoms with Gasteiger partial charge in [-0.3, -0.25) is 0 Å². The molecule has 1 unspecified atom stereocenters. The monoisotopic (exact) mass is 423 g/mol. The van der Waals surface area contributed by atoms with Gasteiger partial charge in [-0.1, -0.05) is 12.1 Å². The highest BCUT2D eigenvalue weighted by Gasteiger charge is 2.28. The molecule has 0 spiro atoms. The van der Waals surface area contributed by atoms with Crippen LogP contribution in [0.25, 0.3) is 0 Å². The number of urea groups is 1. The number of sulfonamides is 1. The van der Waals surface area contributed by atoms with Gasteiger partial charge in [0, 0.05) is 19.1 Å². The Hall–Kier alpha value is -2.01. The molecule has 1 atom stereocenters. The van der Waals surface area contributed by atoms with Crippen LogP contribution in [0.3, 0.4) is 0 Å². The number of halogens is 3. The smallest absolute Gasteiger partial charge is 0.422 e. The summed E-state index contributed by atoms with van der Waals surface area (Å²) in [6.45, 7) is 1.11. The molecule has 0 bridgehead atoms. The summed E-state index contributed by atoms with van der Waals surface area (Å²) in [7, 11) is -3.22. The Morgan fingerprint density at radius 1 is 1.25 bits per heavy atom. The summed E-state index contributed by atoms with van der Waals surface area (Å²) >= 11 is 0. The molecule has 0 saturated carbocycles. The molecule has 158 valence electrons. The third-order valence-electron chi connectivity index (χ3n) is 4.39. The van der Waals surface area contributed by atoms with Crippen molar-refractivity contribution in [1.29, 1.82) is 0 Å². The lowest BCUT2D eigenvalue weighted by Gasteiger charge is -2.31. The van der Waals surface area contributed by atoms with Crippen LogP contribution in [0.15, 0.2) is 24.3 Å². The van der Waals surface area contributed by atoms with Gasteiger partial charge >= 0.3 is 12.2 Å². The normalized spacial score (nSPS) is 17.8. The van der Waals surface area contributed by atoms with E-state index in [-0.39, 0.29) is 23.9 Å². The number of alkyl halides is 3. The van der Waals surface area contributed by atoms with Gasteiger partial charge in [0.15, 0.2) is 6.61 Å². The van der Waals surface area contributed by atoms with Crippen molar-refractivity contribution in [2.24, 2.45) is 0 Å². The largest absolute Gasteiger partial charge is 0.484 e. The zero-order valence-electron chi connectivity index (χ0n) is 15.6. The number of amides is 2. The van der Waals surface area contributed by atoms with Crippen LogP contribution in [0.1, 0.15) is 31.4 Å². The molecule has 2 rings (SSSR count). The number of hydrogen-bond acceptors (Lipinski definition) is 4. The van der Waals surface area contributed by atoms with E-state index in [2.05, 4.69) is 15.4 Å². The van der Waals surface area contributed by atoms with E-state index >= 15 is 0 Å². The van der Waals surface area contributed by atoms with E-state index in [1.807, 2.05) is 0 Å². The first-order chi connectivity index (χ1) is 12.9. The van der Waals surface area contributed by atoms with E-state index in [0.29, 0.717) is 31.5 Å². The highest BCUT2D eigenvalue weighted by atomic mass is 32.2. The van der Waals surface area contributed by atoms with E-state index in [1.165, 1.54) is 16.4 Å². The van der Waals surface area contributed by atoms with Crippen molar-refractivity contribution in [3.8, 4) is 5.75 Å². The molecule has 1 aliphatic heterocycles. The highest BCUT2D eigenvalue weighted by Crippen LogP contribution is 2.21. The Kier molecular flexibility index (Phi) is 7.16. The third-order valence-corrected chi connectivity index (χ3v) is 5.69. The highest BCUT2D eigenvalue weighted by molar-refractivity contribution is 7.88. The molecule has 1 aromatic carbocycles. The Balaban J connectivity index is 1.79. The fraction of sp³-hybridized carbons (Fsp3) is 0.588. The number of nitrogens with zero attached hydrogens (tertiary/aromatic N) is 1. The number of carbonyl (C=O) groups excluding carboxylic acids is 1. The zero-order chi connectivity index (χ0) is 20.9. The second kappa shape index (κ2) is 8.99. The number of benzene rings is 1. The van der Waals surface area contributed by atoms with E-state index in [1.54, 1.807) is 19.1 Å². The predicted octanol–water partition coefficient (Wildman–Crippen LogP) is 2.41. The maximum Gasteiger partial charge on any atom is 0.422 e. The molecule has 28 heavy (non-hydrogen) atoms. The molecule has 1 heterocycles. The SMILES string of the molecule is CC(NC(=O)NC1CCN(S(C)(=O)=O)CC1)c1ccc(OCC(F)(F)F)cc1. The van der Waals surface area contributed by atoms with Gasteiger partial charge in [-0.25, -0.2) is 17.5 Å². The summed E-state index contributed by atoms with van der Waals surface area (Å²) in [5.41, 5.74) is 0.710. The van der Waals surface area contributed by atoms with Crippen LogP contribution in [0.2, 0.25) is 0 Å². The van der Waals surface area contributed by atoms with Gasteiger partial charge in [0.25, 0.3) is 0 Å². The molecule has 0 aromatic heterocycles. The standard InChI is InChI=1S/C17H24F3N3O4S/c1-12(13-3-5-15(6-4-13)27-11-17(18,19)20)21-16(24)22-14-7-9-23(10-8-14)28(2,25)26/h3-6,12,14H,7-11H2,1-2H3,(H2,21,22,24). The van der Waals surface area contributed by atoms with Crippen LogP contribution >= 0.6 is 0 Å². The molecule has 7 nitrogen and oxygen atoms in total. The molecular formula is C17H24F3N3O4S. The number of rotatable bonds is 6. The summed E-state index contributed by atoms with van der Waals surface area (Å²) in [6, 6.07) is 5.12. The fourth-order valence-electron chi connectivity index (χ4n) is 2.86. The van der Waals surface area contributed by atoms with Gasteiger partial charge in [-0.2, -0.15) is 13.2 Å². The molecule has 2 N–H and O–H groups in total. The van der Waals surface area contributed by atoms with Crippen molar-refractivity contribution in [3.63, 3.8) is 0 Å². The Labute approximate surface area is 162 Å². The fourth-order valence-corrected chi connectivity index (χ4v) is 3.73. The van der Waals surface area contributed by atoms with Gasteiger partial charge < -0.3 is 15.4 Å². The summed E-state index contributed by atoms with van der Waals surface area (Å²) in [4.78, 5) is 12.1. The third kappa shape index (κ3) is 7.19. The predicted molar refractivity (Wildman–Crippen MR) is 97.5 cm³/mol. The number of ether oxygens (including phenoxy) is 1. The number of carbonyl (C=O) groups is 1. The number of piperidine rings is 1. The minimum Gasteiger partial charge on any atom is -0.484 e. The van der Waals surface area contributed by atoms with Crippen LogP contribution in [0.4, 0.5) is 18.0 Å². The van der Waals surface area contributed by atoms with Crippen molar-refractivity contribution in [2.45, 2.75) is 38.0 Å². The van der Waals surface area contributed by atoms with Crippen LogP contribution in [-0.2, 0) is 10.0 Å². The molecule has 1 saturated heterocycles. The van der Waals surface area contributed by atoms with Gasteiger partial charge in [-0.05, 0) is 37.5 Å². The summed E-state index contributed by atoms with van der Waals surface area (Å²) < 4.78 is 65.5. The molecule has 0 aliphatic carbocycles. The average Bonchev–Trinajstić information content (AvgIpc) is 2.59. The van der Waals surface area contributed by atoms with Crippen molar-refractivity contribution >= 4 is 16.1 Å². The summed E-state index contributed by atoms with van der Waals surface area (Å²) in [5, 5.41) is 5.58. The molecule has 0 radical (unpaired) electrons. The first kappa shape index (κ1) is 22.3. The Morgan fingerprint density at radius 2 is 1.82 bits per heavy atom. The molecule has 11 heteroatoms. The average molecular weight is 423 g/mol. The quantitative estimate of drug-likeness (QED) is 0.736.